The van der Waals surface area contributed by atoms with Gasteiger partial charge in [0.2, 0.25) is 5.91 Å². The first kappa shape index (κ1) is 23.4. The van der Waals surface area contributed by atoms with Crippen LogP contribution in [0.5, 0.6) is 0 Å². The molecule has 1 atom stereocenters. The van der Waals surface area contributed by atoms with Crippen LogP contribution in [0.2, 0.25) is 0 Å². The van der Waals surface area contributed by atoms with Crippen LogP contribution in [0.1, 0.15) is 27.0 Å². The molecule has 0 radical (unpaired) electrons. The van der Waals surface area contributed by atoms with Crippen LogP contribution < -0.4 is 16.0 Å². The van der Waals surface area contributed by atoms with Crippen molar-refractivity contribution >= 4 is 33.0 Å². The van der Waals surface area contributed by atoms with Crippen LogP contribution in [-0.4, -0.2) is 32.0 Å². The third-order valence-corrected chi connectivity index (χ3v) is 7.09. The first-order valence-electron chi connectivity index (χ1n) is 10.7. The zero-order valence-corrected chi connectivity index (χ0v) is 19.3. The van der Waals surface area contributed by atoms with Crippen molar-refractivity contribution < 1.29 is 22.4 Å². The first-order valence-corrected chi connectivity index (χ1v) is 12.5. The normalized spacial score (nSPS) is 15.1. The van der Waals surface area contributed by atoms with Crippen LogP contribution in [-0.2, 0) is 26.9 Å². The van der Waals surface area contributed by atoms with Crippen LogP contribution in [0.3, 0.4) is 0 Å². The Labute approximate surface area is 197 Å². The molecule has 3 N–H and O–H groups in total. The minimum atomic E-state index is -3.65. The van der Waals surface area contributed by atoms with Crippen LogP contribution >= 0.6 is 0 Å². The van der Waals surface area contributed by atoms with Gasteiger partial charge in [-0.05, 0) is 48.4 Å². The zero-order valence-electron chi connectivity index (χ0n) is 18.5. The van der Waals surface area contributed by atoms with E-state index < -0.39 is 33.4 Å². The highest BCUT2D eigenvalue weighted by atomic mass is 32.2. The van der Waals surface area contributed by atoms with Crippen molar-refractivity contribution in [3.05, 3.63) is 94.8 Å². The third kappa shape index (κ3) is 5.79. The lowest BCUT2D eigenvalue weighted by molar-refractivity contribution is -0.116. The number of nitrogens with one attached hydrogen (secondary N) is 3. The van der Waals surface area contributed by atoms with E-state index in [-0.39, 0.29) is 11.7 Å². The second-order valence-corrected chi connectivity index (χ2v) is 10.4. The van der Waals surface area contributed by atoms with Crippen molar-refractivity contribution in [3.8, 4) is 0 Å². The minimum absolute atomic E-state index is 0.290. The molecule has 3 aromatic carbocycles. The van der Waals surface area contributed by atoms with Crippen LogP contribution in [0.25, 0.3) is 0 Å². The molecule has 0 aliphatic carbocycles. The van der Waals surface area contributed by atoms with Gasteiger partial charge in [-0.25, -0.2) is 12.8 Å². The van der Waals surface area contributed by atoms with E-state index in [0.29, 0.717) is 29.0 Å². The number of sulfone groups is 1. The molecule has 4 rings (SSSR count). The van der Waals surface area contributed by atoms with E-state index >= 15 is 0 Å². The van der Waals surface area contributed by atoms with E-state index in [1.54, 1.807) is 18.2 Å². The maximum Gasteiger partial charge on any atom is 0.251 e. The summed E-state index contributed by atoms with van der Waals surface area (Å²) in [6.07, 6.45) is 0. The Kier molecular flexibility index (Phi) is 6.65. The third-order valence-electron chi connectivity index (χ3n) is 5.48. The molecule has 0 unspecified atom stereocenters. The molecule has 0 aromatic heterocycles. The number of carbonyl (C=O) groups excluding carboxylic acids is 2. The van der Waals surface area contributed by atoms with Crippen molar-refractivity contribution in [1.29, 1.82) is 0 Å². The van der Waals surface area contributed by atoms with Gasteiger partial charge in [0, 0.05) is 12.1 Å². The zero-order chi connectivity index (χ0) is 24.3. The maximum atomic E-state index is 13.1. The summed E-state index contributed by atoms with van der Waals surface area (Å²) in [5, 5.41) is 8.47. The summed E-state index contributed by atoms with van der Waals surface area (Å²) in [5.74, 6) is -1.97. The number of benzene rings is 3. The number of hydrogen-bond acceptors (Lipinski definition) is 5. The molecule has 0 saturated carbocycles. The number of aryl methyl sites for hydroxylation is 1. The molecule has 176 valence electrons. The van der Waals surface area contributed by atoms with Gasteiger partial charge in [0.05, 0.1) is 22.9 Å². The molecule has 0 spiro atoms. The summed E-state index contributed by atoms with van der Waals surface area (Å²) in [6.45, 7) is 2.36. The van der Waals surface area contributed by atoms with Gasteiger partial charge in [0.15, 0.2) is 9.84 Å². The van der Waals surface area contributed by atoms with Crippen molar-refractivity contribution in [2.45, 2.75) is 25.3 Å². The second-order valence-electron chi connectivity index (χ2n) is 8.30. The highest BCUT2D eigenvalue weighted by Crippen LogP contribution is 2.28. The average Bonchev–Trinajstić information content (AvgIpc) is 2.80. The Morgan fingerprint density at radius 2 is 1.65 bits per heavy atom. The highest BCUT2D eigenvalue weighted by molar-refractivity contribution is 7.90. The molecular formula is C25H24FN3O4S. The average molecular weight is 482 g/mol. The Hall–Kier alpha value is -3.72. The number of rotatable bonds is 7. The summed E-state index contributed by atoms with van der Waals surface area (Å²) < 4.78 is 38.2. The predicted octanol–water partition coefficient (Wildman–Crippen LogP) is 3.41. The summed E-state index contributed by atoms with van der Waals surface area (Å²) in [4.78, 5) is 25.1. The summed E-state index contributed by atoms with van der Waals surface area (Å²) in [6, 6.07) is 16.8. The van der Waals surface area contributed by atoms with Gasteiger partial charge in [-0.1, -0.05) is 42.0 Å². The number of halogens is 1. The lowest BCUT2D eigenvalue weighted by Crippen LogP contribution is -2.43. The molecule has 0 fully saturated rings. The van der Waals surface area contributed by atoms with Crippen molar-refractivity contribution in [3.63, 3.8) is 0 Å². The molecule has 1 aliphatic rings. The summed E-state index contributed by atoms with van der Waals surface area (Å²) >= 11 is 0. The van der Waals surface area contributed by atoms with Crippen LogP contribution in [0, 0.1) is 12.7 Å². The predicted molar refractivity (Wildman–Crippen MR) is 129 cm³/mol. The Morgan fingerprint density at radius 1 is 0.971 bits per heavy atom. The molecule has 0 bridgehead atoms. The molecular weight excluding hydrogens is 457 g/mol. The molecule has 0 saturated heterocycles. The quantitative estimate of drug-likeness (QED) is 0.480. The number of carbonyl (C=O) groups is 2. The molecule has 34 heavy (non-hydrogen) atoms. The fraction of sp³-hybridized carbons (Fsp3) is 0.200. The smallest absolute Gasteiger partial charge is 0.251 e. The van der Waals surface area contributed by atoms with E-state index in [1.807, 2.05) is 31.2 Å². The standard InChI is InChI=1S/C25H24FN3O4S/c1-16-2-4-17(5-3-16)13-27-24(30)19-8-11-21-22(12-19)29-25(31)23(28-21)15-34(32,33)14-18-6-9-20(26)10-7-18/h2-12,23,28H,13-15H2,1H3,(H,27,30)(H,29,31)/t23-/m1/s1. The summed E-state index contributed by atoms with van der Waals surface area (Å²) in [5.41, 5.74) is 3.85. The van der Waals surface area contributed by atoms with Gasteiger partial charge in [0.1, 0.15) is 11.9 Å². The van der Waals surface area contributed by atoms with Gasteiger partial charge < -0.3 is 16.0 Å². The molecule has 9 heteroatoms. The Morgan fingerprint density at radius 3 is 2.35 bits per heavy atom. The molecule has 7 nitrogen and oxygen atoms in total. The monoisotopic (exact) mass is 481 g/mol. The number of hydrogen-bond donors (Lipinski definition) is 3. The topological polar surface area (TPSA) is 104 Å². The lowest BCUT2D eigenvalue weighted by Gasteiger charge is -2.27. The van der Waals surface area contributed by atoms with E-state index in [0.717, 1.165) is 11.1 Å². The Bertz CT molecular complexity index is 1320. The summed E-state index contributed by atoms with van der Waals surface area (Å²) in [7, 11) is -3.65. The minimum Gasteiger partial charge on any atom is -0.371 e. The lowest BCUT2D eigenvalue weighted by atomic mass is 10.1. The number of fused-ring (bicyclic) bond motifs is 1. The molecule has 1 heterocycles. The van der Waals surface area contributed by atoms with Gasteiger partial charge in [-0.15, -0.1) is 0 Å². The van der Waals surface area contributed by atoms with Crippen molar-refractivity contribution in [2.75, 3.05) is 16.4 Å². The fourth-order valence-corrected chi connectivity index (χ4v) is 5.20. The Balaban J connectivity index is 1.40. The largest absolute Gasteiger partial charge is 0.371 e. The second kappa shape index (κ2) is 9.64. The SMILES string of the molecule is Cc1ccc(CNC(=O)c2ccc3c(c2)NC(=O)[C@@H](CS(=O)(=O)Cc2ccc(F)cc2)N3)cc1. The molecule has 3 aromatic rings. The van der Waals surface area contributed by atoms with E-state index in [4.69, 9.17) is 0 Å². The van der Waals surface area contributed by atoms with E-state index in [2.05, 4.69) is 16.0 Å². The molecule has 1 aliphatic heterocycles. The maximum absolute atomic E-state index is 13.1. The van der Waals surface area contributed by atoms with E-state index in [1.165, 1.54) is 24.3 Å². The highest BCUT2D eigenvalue weighted by Gasteiger charge is 2.30. The van der Waals surface area contributed by atoms with Gasteiger partial charge >= 0.3 is 0 Å². The van der Waals surface area contributed by atoms with Crippen molar-refractivity contribution in [1.82, 2.24) is 5.32 Å². The van der Waals surface area contributed by atoms with Crippen LogP contribution in [0.15, 0.2) is 66.7 Å². The molecule has 2 amide bonds. The van der Waals surface area contributed by atoms with Crippen molar-refractivity contribution in [2.24, 2.45) is 0 Å². The first-order chi connectivity index (χ1) is 16.2. The van der Waals surface area contributed by atoms with Crippen LogP contribution in [0.4, 0.5) is 15.8 Å². The fourth-order valence-electron chi connectivity index (χ4n) is 3.64. The van der Waals surface area contributed by atoms with E-state index in [9.17, 15) is 22.4 Å². The van der Waals surface area contributed by atoms with Gasteiger partial charge in [-0.3, -0.25) is 9.59 Å². The van der Waals surface area contributed by atoms with Gasteiger partial charge in [0.25, 0.3) is 5.91 Å². The van der Waals surface area contributed by atoms with Gasteiger partial charge in [-0.2, -0.15) is 0 Å². The number of anilines is 2. The number of amides is 2.